The van der Waals surface area contributed by atoms with Crippen LogP contribution in [0.2, 0.25) is 0 Å². The van der Waals surface area contributed by atoms with E-state index < -0.39 is 0 Å². The molecule has 0 fully saturated rings. The Kier molecular flexibility index (Phi) is 7.95. The van der Waals surface area contributed by atoms with E-state index >= 15 is 0 Å². The number of amides is 1. The Balaban J connectivity index is 1.38. The number of benzene rings is 3. The van der Waals surface area contributed by atoms with Crippen molar-refractivity contribution in [2.24, 2.45) is 0 Å². The maximum Gasteiger partial charge on any atom is 0.244 e. The third-order valence-corrected chi connectivity index (χ3v) is 5.33. The number of hydrogen-bond acceptors (Lipinski definition) is 4. The van der Waals surface area contributed by atoms with E-state index in [-0.39, 0.29) is 5.91 Å². The van der Waals surface area contributed by atoms with Gasteiger partial charge in [-0.05, 0) is 42.8 Å². The number of rotatable bonds is 11. The fraction of sp³-hybridized carbons (Fsp3) is 0.214. The minimum absolute atomic E-state index is 0.123. The molecule has 0 saturated heterocycles. The second kappa shape index (κ2) is 11.7. The van der Waals surface area contributed by atoms with E-state index in [9.17, 15) is 4.79 Å². The highest BCUT2D eigenvalue weighted by Gasteiger charge is 2.11. The molecule has 3 aromatic carbocycles. The average molecular weight is 456 g/mol. The molecule has 0 bridgehead atoms. The lowest BCUT2D eigenvalue weighted by molar-refractivity contribution is -0.116. The normalized spacial score (nSPS) is 11.1. The van der Waals surface area contributed by atoms with Crippen LogP contribution in [0.3, 0.4) is 0 Å². The van der Waals surface area contributed by atoms with E-state index in [2.05, 4.69) is 16.0 Å². The predicted octanol–water partition coefficient (Wildman–Crippen LogP) is 4.89. The van der Waals surface area contributed by atoms with Crippen molar-refractivity contribution in [1.82, 2.24) is 14.9 Å². The van der Waals surface area contributed by atoms with Crippen LogP contribution in [0, 0.1) is 0 Å². The molecule has 0 aliphatic heterocycles. The molecular formula is C28H29N3O3. The minimum Gasteiger partial charge on any atom is -0.490 e. The van der Waals surface area contributed by atoms with Gasteiger partial charge in [0.1, 0.15) is 12.4 Å². The summed E-state index contributed by atoms with van der Waals surface area (Å²) in [5.74, 6) is 2.26. The van der Waals surface area contributed by atoms with Crippen LogP contribution in [0.15, 0.2) is 84.9 Å². The Bertz CT molecular complexity index is 1250. The number of fused-ring (bicyclic) bond motifs is 1. The van der Waals surface area contributed by atoms with Gasteiger partial charge in [0.25, 0.3) is 0 Å². The number of carbonyl (C=O) groups excluding carboxylic acids is 1. The van der Waals surface area contributed by atoms with Crippen molar-refractivity contribution in [1.29, 1.82) is 0 Å². The van der Waals surface area contributed by atoms with Gasteiger partial charge < -0.3 is 19.4 Å². The summed E-state index contributed by atoms with van der Waals surface area (Å²) >= 11 is 0. The van der Waals surface area contributed by atoms with Gasteiger partial charge in [-0.25, -0.2) is 4.98 Å². The van der Waals surface area contributed by atoms with Crippen molar-refractivity contribution in [3.05, 3.63) is 96.3 Å². The van der Waals surface area contributed by atoms with Gasteiger partial charge in [0.15, 0.2) is 11.5 Å². The number of nitrogens with one attached hydrogen (secondary N) is 1. The Morgan fingerprint density at radius 2 is 1.65 bits per heavy atom. The van der Waals surface area contributed by atoms with Crippen LogP contribution in [0.5, 0.6) is 11.5 Å². The van der Waals surface area contributed by atoms with E-state index in [0.29, 0.717) is 32.7 Å². The topological polar surface area (TPSA) is 65.4 Å². The van der Waals surface area contributed by atoms with Gasteiger partial charge in [-0.2, -0.15) is 0 Å². The average Bonchev–Trinajstić information content (AvgIpc) is 3.22. The zero-order valence-electron chi connectivity index (χ0n) is 19.3. The summed E-state index contributed by atoms with van der Waals surface area (Å²) < 4.78 is 13.8. The maximum absolute atomic E-state index is 12.2. The van der Waals surface area contributed by atoms with Crippen molar-refractivity contribution in [3.63, 3.8) is 0 Å². The monoisotopic (exact) mass is 455 g/mol. The Morgan fingerprint density at radius 3 is 2.44 bits per heavy atom. The molecule has 0 aliphatic carbocycles. The van der Waals surface area contributed by atoms with Gasteiger partial charge in [-0.1, -0.05) is 54.6 Å². The lowest BCUT2D eigenvalue weighted by Gasteiger charge is -2.13. The fourth-order valence-corrected chi connectivity index (χ4v) is 3.75. The highest BCUT2D eigenvalue weighted by atomic mass is 16.5. The van der Waals surface area contributed by atoms with E-state index in [1.807, 2.05) is 85.8 Å². The molecule has 0 spiro atoms. The predicted molar refractivity (Wildman–Crippen MR) is 135 cm³/mol. The molecule has 1 heterocycles. The first-order valence-electron chi connectivity index (χ1n) is 11.5. The van der Waals surface area contributed by atoms with E-state index in [1.54, 1.807) is 6.08 Å². The van der Waals surface area contributed by atoms with Crippen molar-refractivity contribution < 1.29 is 14.3 Å². The third kappa shape index (κ3) is 6.04. The Hall–Kier alpha value is -4.06. The van der Waals surface area contributed by atoms with Crippen LogP contribution in [-0.2, 0) is 17.8 Å². The van der Waals surface area contributed by atoms with Gasteiger partial charge in [0.05, 0.1) is 24.2 Å². The number of carbonyl (C=O) groups is 1. The smallest absolute Gasteiger partial charge is 0.244 e. The number of imidazole rings is 1. The molecule has 0 atom stereocenters. The summed E-state index contributed by atoms with van der Waals surface area (Å²) in [6, 6.07) is 25.5. The molecule has 0 unspecified atom stereocenters. The minimum atomic E-state index is -0.123. The van der Waals surface area contributed by atoms with Gasteiger partial charge in [-0.3, -0.25) is 4.79 Å². The quantitative estimate of drug-likeness (QED) is 0.327. The van der Waals surface area contributed by atoms with Crippen molar-refractivity contribution in [2.75, 3.05) is 19.8 Å². The molecule has 1 amide bonds. The van der Waals surface area contributed by atoms with Crippen molar-refractivity contribution >= 4 is 23.0 Å². The summed E-state index contributed by atoms with van der Waals surface area (Å²) in [5, 5.41) is 2.95. The van der Waals surface area contributed by atoms with Crippen molar-refractivity contribution in [3.8, 4) is 11.5 Å². The summed E-state index contributed by atoms with van der Waals surface area (Å²) in [6.07, 6.45) is 3.99. The van der Waals surface area contributed by atoms with E-state index in [0.717, 1.165) is 33.9 Å². The van der Waals surface area contributed by atoms with Crippen LogP contribution in [0.4, 0.5) is 0 Å². The second-order valence-electron chi connectivity index (χ2n) is 7.68. The van der Waals surface area contributed by atoms with E-state index in [1.165, 1.54) is 0 Å². The zero-order valence-corrected chi connectivity index (χ0v) is 19.3. The van der Waals surface area contributed by atoms with Crippen molar-refractivity contribution in [2.45, 2.75) is 19.9 Å². The summed E-state index contributed by atoms with van der Waals surface area (Å²) in [6.45, 7) is 4.15. The molecule has 1 N–H and O–H groups in total. The van der Waals surface area contributed by atoms with Crippen LogP contribution in [-0.4, -0.2) is 35.2 Å². The van der Waals surface area contributed by atoms with Crippen LogP contribution in [0.1, 0.15) is 18.3 Å². The van der Waals surface area contributed by atoms with Gasteiger partial charge >= 0.3 is 0 Å². The molecule has 174 valence electrons. The van der Waals surface area contributed by atoms with Gasteiger partial charge in [0.2, 0.25) is 5.91 Å². The SMILES string of the molecule is CCOc1ccccc1OCCn1c(CCNC(=O)/C=C/c2ccccc2)nc2ccccc21. The van der Waals surface area contributed by atoms with E-state index in [4.69, 9.17) is 14.5 Å². The highest BCUT2D eigenvalue weighted by molar-refractivity contribution is 5.91. The first-order valence-corrected chi connectivity index (χ1v) is 11.5. The molecule has 34 heavy (non-hydrogen) atoms. The maximum atomic E-state index is 12.2. The molecular weight excluding hydrogens is 426 g/mol. The van der Waals surface area contributed by atoms with Crippen LogP contribution >= 0.6 is 0 Å². The molecule has 1 aromatic heterocycles. The van der Waals surface area contributed by atoms with Crippen LogP contribution in [0.25, 0.3) is 17.1 Å². The first kappa shape index (κ1) is 23.1. The summed E-state index contributed by atoms with van der Waals surface area (Å²) in [5.41, 5.74) is 2.97. The van der Waals surface area contributed by atoms with Crippen LogP contribution < -0.4 is 14.8 Å². The molecule has 4 rings (SSSR count). The number of ether oxygens (including phenoxy) is 2. The van der Waals surface area contributed by atoms with Gasteiger partial charge in [-0.15, -0.1) is 0 Å². The first-order chi connectivity index (χ1) is 16.7. The lowest BCUT2D eigenvalue weighted by atomic mass is 10.2. The fourth-order valence-electron chi connectivity index (χ4n) is 3.75. The molecule has 0 radical (unpaired) electrons. The molecule has 6 nitrogen and oxygen atoms in total. The number of nitrogens with zero attached hydrogens (tertiary/aromatic N) is 2. The number of hydrogen-bond donors (Lipinski definition) is 1. The highest BCUT2D eigenvalue weighted by Crippen LogP contribution is 2.26. The number of aromatic nitrogens is 2. The molecule has 4 aromatic rings. The van der Waals surface area contributed by atoms with Gasteiger partial charge in [0, 0.05) is 19.0 Å². The standard InChI is InChI=1S/C28H29N3O3/c1-2-33-25-14-8-9-15-26(25)34-21-20-31-24-13-7-6-12-23(24)30-27(31)18-19-29-28(32)17-16-22-10-4-3-5-11-22/h3-17H,2,18-21H2,1H3,(H,29,32)/b17-16+. The second-order valence-corrected chi connectivity index (χ2v) is 7.68. The third-order valence-electron chi connectivity index (χ3n) is 5.33. The zero-order chi connectivity index (χ0) is 23.6. The molecule has 0 aliphatic rings. The summed E-state index contributed by atoms with van der Waals surface area (Å²) in [4.78, 5) is 17.0. The Labute approximate surface area is 199 Å². The molecule has 6 heteroatoms. The largest absolute Gasteiger partial charge is 0.490 e. The lowest BCUT2D eigenvalue weighted by Crippen LogP contribution is -2.25. The number of para-hydroxylation sites is 4. The molecule has 0 saturated carbocycles. The Morgan fingerprint density at radius 1 is 0.941 bits per heavy atom. The summed E-state index contributed by atoms with van der Waals surface area (Å²) in [7, 11) is 0.